The molecule has 3 aromatic rings. The summed E-state index contributed by atoms with van der Waals surface area (Å²) >= 11 is 1.34. The molecule has 2 aromatic heterocycles. The summed E-state index contributed by atoms with van der Waals surface area (Å²) in [5, 5.41) is 5.91. The summed E-state index contributed by atoms with van der Waals surface area (Å²) in [6.45, 7) is 0. The van der Waals surface area contributed by atoms with Crippen LogP contribution >= 0.6 is 11.3 Å². The van der Waals surface area contributed by atoms with E-state index in [4.69, 9.17) is 0 Å². The van der Waals surface area contributed by atoms with E-state index in [1.165, 1.54) is 11.3 Å². The number of hydrogen-bond donors (Lipinski definition) is 2. The highest BCUT2D eigenvalue weighted by atomic mass is 32.2. The molecule has 0 saturated heterocycles. The van der Waals surface area contributed by atoms with Crippen molar-refractivity contribution in [1.29, 1.82) is 0 Å². The van der Waals surface area contributed by atoms with Crippen LogP contribution in [0.1, 0.15) is 32.1 Å². The third-order valence-corrected chi connectivity index (χ3v) is 8.06. The second-order valence-electron chi connectivity index (χ2n) is 6.86. The number of aromatic amines is 1. The third kappa shape index (κ3) is 3.91. The Kier molecular flexibility index (Phi) is 5.01. The van der Waals surface area contributed by atoms with E-state index in [1.807, 2.05) is 35.8 Å². The average molecular weight is 404 g/mol. The number of benzene rings is 1. The minimum absolute atomic E-state index is 0.0270. The minimum Gasteiger partial charge on any atom is -0.360 e. The van der Waals surface area contributed by atoms with E-state index in [9.17, 15) is 13.2 Å². The van der Waals surface area contributed by atoms with Crippen LogP contribution in [0.5, 0.6) is 0 Å². The van der Waals surface area contributed by atoms with Crippen LogP contribution in [0.4, 0.5) is 5.13 Å². The number of amides is 1. The van der Waals surface area contributed by atoms with Gasteiger partial charge in [-0.15, -0.1) is 11.3 Å². The number of hydrogen-bond acceptors (Lipinski definition) is 5. The second-order valence-corrected chi connectivity index (χ2v) is 10.1. The van der Waals surface area contributed by atoms with Crippen molar-refractivity contribution in [3.63, 3.8) is 0 Å². The standard InChI is InChI=1S/C19H21N3O3S2/c23-18(9-10-27(24,25)13-5-1-2-6-13)22-19-21-17(12-26-19)15-11-20-16-8-4-3-7-14(15)16/h3-4,7-8,11-13,20H,1-2,5-6,9-10H2,(H,21,22,23). The van der Waals surface area contributed by atoms with E-state index in [1.54, 1.807) is 0 Å². The Morgan fingerprint density at radius 1 is 1.26 bits per heavy atom. The quantitative estimate of drug-likeness (QED) is 0.651. The van der Waals surface area contributed by atoms with Crippen LogP contribution in [0.15, 0.2) is 35.8 Å². The zero-order valence-electron chi connectivity index (χ0n) is 14.8. The third-order valence-electron chi connectivity index (χ3n) is 5.04. The van der Waals surface area contributed by atoms with Crippen molar-refractivity contribution in [2.75, 3.05) is 11.1 Å². The van der Waals surface area contributed by atoms with Gasteiger partial charge in [0.25, 0.3) is 0 Å². The molecule has 1 aliphatic rings. The molecule has 1 amide bonds. The van der Waals surface area contributed by atoms with Crippen molar-refractivity contribution in [1.82, 2.24) is 9.97 Å². The highest BCUT2D eigenvalue weighted by molar-refractivity contribution is 7.92. The first-order valence-electron chi connectivity index (χ1n) is 9.06. The predicted octanol–water partition coefficient (Wildman–Crippen LogP) is 3.98. The van der Waals surface area contributed by atoms with Gasteiger partial charge in [-0.05, 0) is 18.9 Å². The van der Waals surface area contributed by atoms with E-state index in [2.05, 4.69) is 15.3 Å². The molecule has 142 valence electrons. The molecule has 1 saturated carbocycles. The van der Waals surface area contributed by atoms with E-state index < -0.39 is 9.84 Å². The van der Waals surface area contributed by atoms with Crippen LogP contribution in [0.3, 0.4) is 0 Å². The fraction of sp³-hybridized carbons (Fsp3) is 0.368. The Labute approximate surface area is 161 Å². The SMILES string of the molecule is O=C(CCS(=O)(=O)C1CCCC1)Nc1nc(-c2c[nH]c3ccccc23)cs1. The molecule has 0 atom stereocenters. The zero-order chi connectivity index (χ0) is 18.9. The molecule has 27 heavy (non-hydrogen) atoms. The van der Waals surface area contributed by atoms with Gasteiger partial charge in [-0.2, -0.15) is 0 Å². The first kappa shape index (κ1) is 18.2. The van der Waals surface area contributed by atoms with Gasteiger partial charge in [-0.1, -0.05) is 31.0 Å². The van der Waals surface area contributed by atoms with Gasteiger partial charge in [0.2, 0.25) is 5.91 Å². The normalized spacial score (nSPS) is 15.4. The van der Waals surface area contributed by atoms with Gasteiger partial charge >= 0.3 is 0 Å². The lowest BCUT2D eigenvalue weighted by Crippen LogP contribution is -2.24. The summed E-state index contributed by atoms with van der Waals surface area (Å²) in [5.41, 5.74) is 2.79. The van der Waals surface area contributed by atoms with E-state index in [0.717, 1.165) is 47.8 Å². The van der Waals surface area contributed by atoms with Crippen LogP contribution in [-0.4, -0.2) is 35.3 Å². The van der Waals surface area contributed by atoms with Crippen molar-refractivity contribution in [2.45, 2.75) is 37.4 Å². The number of nitrogens with one attached hydrogen (secondary N) is 2. The van der Waals surface area contributed by atoms with E-state index >= 15 is 0 Å². The molecular formula is C19H21N3O3S2. The van der Waals surface area contributed by atoms with Gasteiger partial charge in [-0.3, -0.25) is 4.79 Å². The molecule has 0 unspecified atom stereocenters. The Morgan fingerprint density at radius 3 is 2.85 bits per heavy atom. The molecule has 0 bridgehead atoms. The lowest BCUT2D eigenvalue weighted by molar-refractivity contribution is -0.115. The van der Waals surface area contributed by atoms with Gasteiger partial charge in [0.1, 0.15) is 0 Å². The Bertz CT molecular complexity index is 1060. The number of carbonyl (C=O) groups excluding carboxylic acids is 1. The smallest absolute Gasteiger partial charge is 0.227 e. The molecule has 8 heteroatoms. The second kappa shape index (κ2) is 7.44. The lowest BCUT2D eigenvalue weighted by Gasteiger charge is -2.10. The molecule has 1 aromatic carbocycles. The molecule has 0 radical (unpaired) electrons. The zero-order valence-corrected chi connectivity index (χ0v) is 16.4. The highest BCUT2D eigenvalue weighted by Crippen LogP contribution is 2.31. The Balaban J connectivity index is 1.40. The van der Waals surface area contributed by atoms with Gasteiger partial charge < -0.3 is 10.3 Å². The summed E-state index contributed by atoms with van der Waals surface area (Å²) in [6, 6.07) is 7.96. The van der Waals surface area contributed by atoms with Crippen LogP contribution < -0.4 is 5.32 Å². The molecule has 1 aliphatic carbocycles. The van der Waals surface area contributed by atoms with E-state index in [-0.39, 0.29) is 23.3 Å². The number of aromatic nitrogens is 2. The van der Waals surface area contributed by atoms with Crippen LogP contribution in [0, 0.1) is 0 Å². The number of sulfone groups is 1. The highest BCUT2D eigenvalue weighted by Gasteiger charge is 2.28. The number of anilines is 1. The Hall–Kier alpha value is -2.19. The number of H-pyrrole nitrogens is 1. The molecule has 2 heterocycles. The van der Waals surface area contributed by atoms with Gasteiger partial charge in [0.15, 0.2) is 15.0 Å². The van der Waals surface area contributed by atoms with Gasteiger partial charge in [-0.25, -0.2) is 13.4 Å². The molecule has 0 spiro atoms. The number of thiazole rings is 1. The van der Waals surface area contributed by atoms with Gasteiger partial charge in [0.05, 0.1) is 16.7 Å². The Morgan fingerprint density at radius 2 is 2.04 bits per heavy atom. The summed E-state index contributed by atoms with van der Waals surface area (Å²) in [5.74, 6) is -0.402. The number of rotatable bonds is 6. The summed E-state index contributed by atoms with van der Waals surface area (Å²) < 4.78 is 24.6. The molecule has 6 nitrogen and oxygen atoms in total. The predicted molar refractivity (Wildman–Crippen MR) is 109 cm³/mol. The summed E-state index contributed by atoms with van der Waals surface area (Å²) in [4.78, 5) is 19.9. The van der Waals surface area contributed by atoms with Crippen molar-refractivity contribution < 1.29 is 13.2 Å². The lowest BCUT2D eigenvalue weighted by atomic mass is 10.1. The number of fused-ring (bicyclic) bond motifs is 1. The van der Waals surface area contributed by atoms with Crippen LogP contribution in [0.2, 0.25) is 0 Å². The monoisotopic (exact) mass is 403 g/mol. The van der Waals surface area contributed by atoms with Crippen LogP contribution in [-0.2, 0) is 14.6 Å². The average Bonchev–Trinajstić information content (AvgIpc) is 3.40. The number of para-hydroxylation sites is 1. The van der Waals surface area contributed by atoms with Gasteiger partial charge in [0, 0.05) is 34.5 Å². The fourth-order valence-electron chi connectivity index (χ4n) is 3.57. The van der Waals surface area contributed by atoms with Crippen molar-refractivity contribution >= 4 is 43.1 Å². The first-order chi connectivity index (χ1) is 13.0. The molecule has 4 rings (SSSR count). The summed E-state index contributed by atoms with van der Waals surface area (Å²) in [6.07, 6.45) is 5.26. The molecule has 1 fully saturated rings. The molecular weight excluding hydrogens is 382 g/mol. The maximum absolute atomic E-state index is 12.3. The molecule has 2 N–H and O–H groups in total. The maximum atomic E-state index is 12.3. The molecule has 0 aliphatic heterocycles. The van der Waals surface area contributed by atoms with Crippen molar-refractivity contribution in [3.8, 4) is 11.3 Å². The summed E-state index contributed by atoms with van der Waals surface area (Å²) in [7, 11) is -3.18. The fourth-order valence-corrected chi connectivity index (χ4v) is 6.15. The first-order valence-corrected chi connectivity index (χ1v) is 11.7. The van der Waals surface area contributed by atoms with E-state index in [0.29, 0.717) is 5.13 Å². The van der Waals surface area contributed by atoms with Crippen molar-refractivity contribution in [3.05, 3.63) is 35.8 Å². The topological polar surface area (TPSA) is 91.9 Å². The number of carbonyl (C=O) groups is 1. The largest absolute Gasteiger partial charge is 0.360 e. The maximum Gasteiger partial charge on any atom is 0.227 e. The number of nitrogens with zero attached hydrogens (tertiary/aromatic N) is 1. The van der Waals surface area contributed by atoms with Crippen LogP contribution in [0.25, 0.3) is 22.2 Å². The minimum atomic E-state index is -3.18. The van der Waals surface area contributed by atoms with Crippen molar-refractivity contribution in [2.24, 2.45) is 0 Å².